The van der Waals surface area contributed by atoms with Crippen LogP contribution in [0.1, 0.15) is 37.8 Å². The number of nitrogens with one attached hydrogen (secondary N) is 1. The first-order valence-electron chi connectivity index (χ1n) is 8.02. The Morgan fingerprint density at radius 3 is 2.88 bits per heavy atom. The van der Waals surface area contributed by atoms with Crippen LogP contribution in [-0.2, 0) is 16.1 Å². The van der Waals surface area contributed by atoms with Crippen molar-refractivity contribution >= 4 is 23.4 Å². The van der Waals surface area contributed by atoms with Crippen LogP contribution in [0.4, 0.5) is 5.82 Å². The van der Waals surface area contributed by atoms with Crippen molar-refractivity contribution in [3.05, 3.63) is 57.9 Å². The maximum atomic E-state index is 12.6. The summed E-state index contributed by atoms with van der Waals surface area (Å²) in [4.78, 5) is 12.6. The fourth-order valence-electron chi connectivity index (χ4n) is 3.12. The van der Waals surface area contributed by atoms with Crippen molar-refractivity contribution in [2.75, 3.05) is 11.9 Å². The van der Waals surface area contributed by atoms with Crippen LogP contribution >= 0.6 is 11.6 Å². The standard InChI is InChI=1S/C18H20ClN3O2/c1-4-22-17-14(10-20-22)16(12-7-6-8-13(19)9-12)15(11(3)21-17)18(23)24-5-2/h6-10,16,21H,4-5H2,1-3H3. The number of nitrogens with zero attached hydrogens (tertiary/aromatic N) is 2. The first kappa shape index (κ1) is 16.6. The molecule has 5 nitrogen and oxygen atoms in total. The molecule has 0 aliphatic carbocycles. The normalized spacial score (nSPS) is 16.6. The molecule has 1 N–H and O–H groups in total. The number of carbonyl (C=O) groups is 1. The summed E-state index contributed by atoms with van der Waals surface area (Å²) in [5.74, 6) is 0.342. The van der Waals surface area contributed by atoms with Crippen LogP contribution in [0.3, 0.4) is 0 Å². The maximum Gasteiger partial charge on any atom is 0.336 e. The van der Waals surface area contributed by atoms with Gasteiger partial charge in [-0.15, -0.1) is 0 Å². The lowest BCUT2D eigenvalue weighted by Crippen LogP contribution is -2.25. The Morgan fingerprint density at radius 1 is 1.42 bits per heavy atom. The van der Waals surface area contributed by atoms with Gasteiger partial charge >= 0.3 is 5.97 Å². The molecule has 0 radical (unpaired) electrons. The van der Waals surface area contributed by atoms with E-state index in [1.54, 1.807) is 6.92 Å². The molecule has 0 saturated heterocycles. The molecule has 1 atom stereocenters. The van der Waals surface area contributed by atoms with E-state index in [9.17, 15) is 4.79 Å². The minimum Gasteiger partial charge on any atom is -0.463 e. The van der Waals surface area contributed by atoms with Crippen LogP contribution in [0, 0.1) is 0 Å². The Morgan fingerprint density at radius 2 is 2.21 bits per heavy atom. The largest absolute Gasteiger partial charge is 0.463 e. The first-order chi connectivity index (χ1) is 11.6. The Bertz CT molecular complexity index is 810. The minimum absolute atomic E-state index is 0.251. The van der Waals surface area contributed by atoms with E-state index in [4.69, 9.17) is 16.3 Å². The fraction of sp³-hybridized carbons (Fsp3) is 0.333. The van der Waals surface area contributed by atoms with E-state index < -0.39 is 0 Å². The molecule has 1 aromatic carbocycles. The summed E-state index contributed by atoms with van der Waals surface area (Å²) in [6.07, 6.45) is 1.81. The van der Waals surface area contributed by atoms with E-state index in [-0.39, 0.29) is 11.9 Å². The average Bonchev–Trinajstić information content (AvgIpc) is 2.96. The first-order valence-corrected chi connectivity index (χ1v) is 8.40. The Labute approximate surface area is 146 Å². The highest BCUT2D eigenvalue weighted by atomic mass is 35.5. The van der Waals surface area contributed by atoms with Crippen molar-refractivity contribution in [3.8, 4) is 0 Å². The van der Waals surface area contributed by atoms with Crippen LogP contribution < -0.4 is 5.32 Å². The third-order valence-corrected chi connectivity index (χ3v) is 4.39. The Hall–Kier alpha value is -2.27. The van der Waals surface area contributed by atoms with Gasteiger partial charge in [0.05, 0.1) is 18.4 Å². The predicted octanol–water partition coefficient (Wildman–Crippen LogP) is 3.95. The molecule has 1 aromatic heterocycles. The summed E-state index contributed by atoms with van der Waals surface area (Å²) in [6.45, 7) is 6.80. The summed E-state index contributed by atoms with van der Waals surface area (Å²) in [5, 5.41) is 8.38. The smallest absolute Gasteiger partial charge is 0.336 e. The number of hydrogen-bond donors (Lipinski definition) is 1. The lowest BCUT2D eigenvalue weighted by molar-refractivity contribution is -0.138. The van der Waals surface area contributed by atoms with E-state index in [1.165, 1.54) is 0 Å². The maximum absolute atomic E-state index is 12.6. The van der Waals surface area contributed by atoms with Gasteiger partial charge in [0.1, 0.15) is 5.82 Å². The number of anilines is 1. The number of ether oxygens (including phenoxy) is 1. The van der Waals surface area contributed by atoms with Gasteiger partial charge < -0.3 is 10.1 Å². The lowest BCUT2D eigenvalue weighted by atomic mass is 9.83. The molecule has 24 heavy (non-hydrogen) atoms. The molecule has 0 amide bonds. The number of allylic oxidation sites excluding steroid dienone is 1. The number of halogens is 1. The number of rotatable bonds is 4. The molecule has 3 rings (SSSR count). The van der Waals surface area contributed by atoms with E-state index >= 15 is 0 Å². The molecule has 1 unspecified atom stereocenters. The van der Waals surface area contributed by atoms with Crippen molar-refractivity contribution in [3.63, 3.8) is 0 Å². The van der Waals surface area contributed by atoms with Crippen molar-refractivity contribution in [1.29, 1.82) is 0 Å². The van der Waals surface area contributed by atoms with Gasteiger partial charge in [-0.1, -0.05) is 23.7 Å². The highest BCUT2D eigenvalue weighted by molar-refractivity contribution is 6.30. The molecule has 0 saturated carbocycles. The van der Waals surface area contributed by atoms with E-state index in [1.807, 2.05) is 49.0 Å². The predicted molar refractivity (Wildman–Crippen MR) is 94.2 cm³/mol. The zero-order valence-electron chi connectivity index (χ0n) is 14.0. The third kappa shape index (κ3) is 2.80. The second-order valence-electron chi connectivity index (χ2n) is 5.64. The van der Waals surface area contributed by atoms with E-state index in [2.05, 4.69) is 10.4 Å². The van der Waals surface area contributed by atoms with Gasteiger partial charge in [-0.05, 0) is 38.5 Å². The molecule has 0 fully saturated rings. The van der Waals surface area contributed by atoms with Gasteiger partial charge in [-0.3, -0.25) is 0 Å². The zero-order chi connectivity index (χ0) is 17.3. The number of aryl methyl sites for hydroxylation is 1. The third-order valence-electron chi connectivity index (χ3n) is 4.15. The van der Waals surface area contributed by atoms with Crippen molar-refractivity contribution < 1.29 is 9.53 Å². The Kier molecular flexibility index (Phi) is 4.62. The van der Waals surface area contributed by atoms with Gasteiger partial charge in [0.2, 0.25) is 0 Å². The quantitative estimate of drug-likeness (QED) is 0.852. The van der Waals surface area contributed by atoms with Gasteiger partial charge in [0.15, 0.2) is 0 Å². The van der Waals surface area contributed by atoms with Crippen LogP contribution in [0.25, 0.3) is 0 Å². The van der Waals surface area contributed by atoms with Crippen molar-refractivity contribution in [1.82, 2.24) is 9.78 Å². The van der Waals surface area contributed by atoms with Crippen LogP contribution in [0.2, 0.25) is 5.02 Å². The average molecular weight is 346 g/mol. The Balaban J connectivity index is 2.18. The molecule has 0 spiro atoms. The fourth-order valence-corrected chi connectivity index (χ4v) is 3.32. The molecule has 6 heteroatoms. The summed E-state index contributed by atoms with van der Waals surface area (Å²) >= 11 is 6.18. The number of benzene rings is 1. The molecule has 0 bridgehead atoms. The number of carbonyl (C=O) groups excluding carboxylic acids is 1. The van der Waals surface area contributed by atoms with Gasteiger partial charge in [0, 0.05) is 28.7 Å². The van der Waals surface area contributed by atoms with E-state index in [0.29, 0.717) is 17.2 Å². The van der Waals surface area contributed by atoms with Crippen LogP contribution in [0.15, 0.2) is 41.7 Å². The molecular formula is C18H20ClN3O2. The van der Waals surface area contributed by atoms with E-state index in [0.717, 1.165) is 29.2 Å². The molecule has 1 aliphatic heterocycles. The number of fused-ring (bicyclic) bond motifs is 1. The van der Waals surface area contributed by atoms with Crippen molar-refractivity contribution in [2.45, 2.75) is 33.2 Å². The van der Waals surface area contributed by atoms with Gasteiger partial charge in [0.25, 0.3) is 0 Å². The van der Waals surface area contributed by atoms with Crippen LogP contribution in [0.5, 0.6) is 0 Å². The number of aromatic nitrogens is 2. The highest BCUT2D eigenvalue weighted by Gasteiger charge is 2.35. The summed E-state index contributed by atoms with van der Waals surface area (Å²) in [7, 11) is 0. The zero-order valence-corrected chi connectivity index (χ0v) is 14.7. The molecule has 2 aromatic rings. The summed E-state index contributed by atoms with van der Waals surface area (Å²) in [5.41, 5.74) is 3.28. The second kappa shape index (κ2) is 6.69. The summed E-state index contributed by atoms with van der Waals surface area (Å²) in [6, 6.07) is 7.57. The molecule has 126 valence electrons. The SMILES string of the molecule is CCOC(=O)C1=C(C)Nc2c(cnn2CC)C1c1cccc(Cl)c1. The molecule has 1 aliphatic rings. The topological polar surface area (TPSA) is 56.1 Å². The monoisotopic (exact) mass is 345 g/mol. The molecular weight excluding hydrogens is 326 g/mol. The van der Waals surface area contributed by atoms with Crippen molar-refractivity contribution in [2.24, 2.45) is 0 Å². The lowest BCUT2D eigenvalue weighted by Gasteiger charge is -2.28. The minimum atomic E-state index is -0.317. The number of hydrogen-bond acceptors (Lipinski definition) is 4. The van der Waals surface area contributed by atoms with Crippen LogP contribution in [-0.4, -0.2) is 22.4 Å². The van der Waals surface area contributed by atoms with Gasteiger partial charge in [-0.25, -0.2) is 9.48 Å². The van der Waals surface area contributed by atoms with Gasteiger partial charge in [-0.2, -0.15) is 5.10 Å². The second-order valence-corrected chi connectivity index (χ2v) is 6.07. The summed E-state index contributed by atoms with van der Waals surface area (Å²) < 4.78 is 7.17. The highest BCUT2D eigenvalue weighted by Crippen LogP contribution is 2.42. The number of esters is 1. The molecule has 2 heterocycles.